The second kappa shape index (κ2) is 5.77. The average Bonchev–Trinajstić information content (AvgIpc) is 3.12. The van der Waals surface area contributed by atoms with E-state index in [0.29, 0.717) is 0 Å². The molecule has 0 unspecified atom stereocenters. The van der Waals surface area contributed by atoms with Gasteiger partial charge in [0.05, 0.1) is 12.9 Å². The zero-order chi connectivity index (χ0) is 26.0. The van der Waals surface area contributed by atoms with Gasteiger partial charge in [0.15, 0.2) is 0 Å². The molecular weight excluding hydrogens is 266 g/mol. The number of hydrogen-bond donors (Lipinski definition) is 2. The van der Waals surface area contributed by atoms with Crippen molar-refractivity contribution in [2.24, 2.45) is 0 Å². The molecule has 2 heterocycles. The third-order valence-electron chi connectivity index (χ3n) is 3.00. The van der Waals surface area contributed by atoms with Gasteiger partial charge < -0.3 is 19.9 Å². The first-order valence-corrected chi connectivity index (χ1v) is 6.16. The summed E-state index contributed by atoms with van der Waals surface area (Å²) in [7, 11) is 0. The van der Waals surface area contributed by atoms with E-state index < -0.39 is 51.6 Å². The molecule has 0 bridgehead atoms. The summed E-state index contributed by atoms with van der Waals surface area (Å²) in [4.78, 5) is 13.9. The smallest absolute Gasteiger partial charge is 0.407 e. The van der Waals surface area contributed by atoms with Gasteiger partial charge in [0.25, 0.3) is 0 Å². The number of hydrogen-bond acceptors (Lipinski definition) is 3. The van der Waals surface area contributed by atoms with E-state index in [1.807, 2.05) is 0 Å². The molecule has 1 aliphatic rings. The van der Waals surface area contributed by atoms with E-state index in [1.165, 1.54) is 6.20 Å². The molecule has 1 atom stereocenters. The Morgan fingerprint density at radius 1 is 1.62 bits per heavy atom. The lowest BCUT2D eigenvalue weighted by Gasteiger charge is -2.09. The molecule has 1 saturated heterocycles. The number of fused-ring (bicyclic) bond motifs is 1. The van der Waals surface area contributed by atoms with Crippen LogP contribution in [0.4, 0.5) is 4.79 Å². The monoisotopic (exact) mass is 300 g/mol. The Balaban J connectivity index is 2.10. The highest BCUT2D eigenvalue weighted by Crippen LogP contribution is 2.21. The average molecular weight is 300 g/mol. The van der Waals surface area contributed by atoms with E-state index in [4.69, 9.17) is 17.8 Å². The predicted octanol–water partition coefficient (Wildman–Crippen LogP) is 1.92. The van der Waals surface area contributed by atoms with Crippen LogP contribution in [-0.2, 0) is 17.6 Å². The standard InChI is InChI=1S/C16H21N3O2/c1-19(2)6-5-12-9-17-15-4-3-11(8-14(12)15)7-13-10-21-16(20)18-13/h3-4,8-9,13,17H,5-7,10H2,1-2H3,(H,18,20)/t13-/m0/s1/i1D3,2D3,3D,4D,6D2,8D,10D2. The summed E-state index contributed by atoms with van der Waals surface area (Å²) >= 11 is 0. The second-order valence-electron chi connectivity index (χ2n) is 4.50. The van der Waals surface area contributed by atoms with Crippen molar-refractivity contribution in [1.29, 1.82) is 0 Å². The van der Waals surface area contributed by atoms with E-state index in [0.717, 1.165) is 0 Å². The molecule has 3 rings (SSSR count). The van der Waals surface area contributed by atoms with Crippen molar-refractivity contribution in [1.82, 2.24) is 15.2 Å². The minimum atomic E-state index is -3.31. The molecule has 1 aromatic carbocycles. The van der Waals surface area contributed by atoms with Gasteiger partial charge >= 0.3 is 6.09 Å². The fourth-order valence-corrected chi connectivity index (χ4v) is 2.05. The number of aromatic nitrogens is 1. The number of ether oxygens (including phenoxy) is 1. The van der Waals surface area contributed by atoms with Crippen LogP contribution in [0.15, 0.2) is 24.3 Å². The summed E-state index contributed by atoms with van der Waals surface area (Å²) in [5.41, 5.74) is -0.149. The fraction of sp³-hybridized carbons (Fsp3) is 0.438. The number of nitrogens with zero attached hydrogens (tertiary/aromatic N) is 1. The van der Waals surface area contributed by atoms with Gasteiger partial charge in [0.2, 0.25) is 0 Å². The first-order valence-electron chi connectivity index (χ1n) is 12.7. The van der Waals surface area contributed by atoms with Gasteiger partial charge in [-0.1, -0.05) is 6.04 Å². The maximum absolute atomic E-state index is 11.5. The predicted molar refractivity (Wildman–Crippen MR) is 82.5 cm³/mol. The molecule has 1 aromatic heterocycles. The highest BCUT2D eigenvalue weighted by molar-refractivity contribution is 5.84. The van der Waals surface area contributed by atoms with Gasteiger partial charge in [-0.3, -0.25) is 0 Å². The molecule has 0 aliphatic carbocycles. The summed E-state index contributed by atoms with van der Waals surface area (Å²) in [6, 6.07) is -2.44. The lowest BCUT2D eigenvalue weighted by Crippen LogP contribution is -2.28. The molecule has 5 heteroatoms. The van der Waals surface area contributed by atoms with Crippen molar-refractivity contribution in [3.63, 3.8) is 0 Å². The van der Waals surface area contributed by atoms with Crippen molar-refractivity contribution in [3.05, 3.63) is 35.5 Å². The molecule has 0 radical (unpaired) electrons. The molecular formula is C16H21N3O2. The Hall–Kier alpha value is -2.01. The number of likely N-dealkylation sites (N-methyl/N-ethyl adjacent to an activating group) is 1. The van der Waals surface area contributed by atoms with Gasteiger partial charge in [-0.25, -0.2) is 4.79 Å². The van der Waals surface area contributed by atoms with Gasteiger partial charge in [-0.05, 0) is 50.0 Å². The third kappa shape index (κ3) is 3.19. The molecule has 0 saturated carbocycles. The molecule has 21 heavy (non-hydrogen) atoms. The molecule has 112 valence electrons. The Bertz CT molecular complexity index is 1110. The van der Waals surface area contributed by atoms with Crippen LogP contribution in [0.2, 0.25) is 0 Å². The van der Waals surface area contributed by atoms with Crippen molar-refractivity contribution in [2.45, 2.75) is 18.9 Å². The van der Waals surface area contributed by atoms with E-state index in [1.54, 1.807) is 0 Å². The molecule has 1 fully saturated rings. The Morgan fingerprint density at radius 2 is 2.52 bits per heavy atom. The fourth-order valence-electron chi connectivity index (χ4n) is 2.05. The number of rotatable bonds is 5. The Kier molecular flexibility index (Phi) is 1.46. The number of carbonyl (C=O) groups excluding carboxylic acids is 1. The van der Waals surface area contributed by atoms with Crippen molar-refractivity contribution >= 4 is 17.0 Å². The van der Waals surface area contributed by atoms with E-state index >= 15 is 0 Å². The van der Waals surface area contributed by atoms with Gasteiger partial charge in [-0.15, -0.1) is 0 Å². The van der Waals surface area contributed by atoms with Crippen LogP contribution in [0.25, 0.3) is 10.9 Å². The van der Waals surface area contributed by atoms with Crippen molar-refractivity contribution in [3.8, 4) is 0 Å². The number of benzene rings is 1. The van der Waals surface area contributed by atoms with Gasteiger partial charge in [0, 0.05) is 34.6 Å². The SMILES string of the molecule is [2H]c1c(C[C@@H]2NC(=O)OC2([2H])[2H])c([2H])c2c(CC([2H])([2H])N(C([2H])([2H])[2H])C([2H])([2H])[2H])c[nH]c2c1[2H]. The van der Waals surface area contributed by atoms with Crippen LogP contribution in [0, 0.1) is 0 Å². The van der Waals surface area contributed by atoms with E-state index in [-0.39, 0.29) is 45.4 Å². The number of H-pyrrole nitrogens is 1. The third-order valence-corrected chi connectivity index (χ3v) is 3.00. The van der Waals surface area contributed by atoms with Crippen LogP contribution in [0.5, 0.6) is 0 Å². The number of cyclic esters (lactones) is 1. The topological polar surface area (TPSA) is 57.4 Å². The molecule has 2 N–H and O–H groups in total. The van der Waals surface area contributed by atoms with E-state index in [9.17, 15) is 4.79 Å². The van der Waals surface area contributed by atoms with Crippen molar-refractivity contribution in [2.75, 3.05) is 27.0 Å². The zero-order valence-corrected chi connectivity index (χ0v) is 10.8. The lowest BCUT2D eigenvalue weighted by atomic mass is 10.0. The zero-order valence-electron chi connectivity index (χ0n) is 23.8. The number of aryl methyl sites for hydroxylation is 1. The quantitative estimate of drug-likeness (QED) is 0.887. The maximum Gasteiger partial charge on any atom is 0.407 e. The number of nitrogens with one attached hydrogen (secondary N) is 2. The van der Waals surface area contributed by atoms with Crippen LogP contribution >= 0.6 is 0 Å². The summed E-state index contributed by atoms with van der Waals surface area (Å²) in [6.45, 7) is -12.0. The Morgan fingerprint density at radius 3 is 3.29 bits per heavy atom. The molecule has 1 aliphatic heterocycles. The summed E-state index contributed by atoms with van der Waals surface area (Å²) in [5, 5.41) is 2.21. The first kappa shape index (κ1) is 5.32. The van der Waals surface area contributed by atoms with Crippen LogP contribution < -0.4 is 5.32 Å². The summed E-state index contributed by atoms with van der Waals surface area (Å²) in [6.07, 6.45) is -0.980. The largest absolute Gasteiger partial charge is 0.447 e. The van der Waals surface area contributed by atoms with Crippen LogP contribution in [-0.4, -0.2) is 49.0 Å². The number of alkyl carbamates (subject to hydrolysis) is 1. The summed E-state index contributed by atoms with van der Waals surface area (Å²) in [5.74, 6) is 0. The van der Waals surface area contributed by atoms with Crippen LogP contribution in [0.1, 0.15) is 28.9 Å². The molecule has 1 amide bonds. The maximum atomic E-state index is 11.5. The first-order chi connectivity index (χ1) is 15.3. The second-order valence-corrected chi connectivity index (χ2v) is 4.50. The molecule has 2 aromatic rings. The number of amides is 1. The highest BCUT2D eigenvalue weighted by atomic mass is 16.6. The molecule has 0 spiro atoms. The number of aromatic amines is 1. The normalized spacial score (nSPS) is 31.6. The van der Waals surface area contributed by atoms with Crippen LogP contribution in [0.3, 0.4) is 0 Å². The molecule has 5 nitrogen and oxygen atoms in total. The van der Waals surface area contributed by atoms with Gasteiger partial charge in [-0.2, -0.15) is 0 Å². The summed E-state index contributed by atoms with van der Waals surface area (Å²) < 4.78 is 107. The highest BCUT2D eigenvalue weighted by Gasteiger charge is 2.22. The van der Waals surface area contributed by atoms with Crippen molar-refractivity contribution < 1.29 is 27.4 Å². The minimum absolute atomic E-state index is 0.00651. The van der Waals surface area contributed by atoms with Gasteiger partial charge in [0.1, 0.15) is 6.56 Å². The lowest BCUT2D eigenvalue weighted by molar-refractivity contribution is 0.177. The van der Waals surface area contributed by atoms with E-state index in [2.05, 4.69) is 15.0 Å². The number of carbonyl (C=O) groups is 1. The minimum Gasteiger partial charge on any atom is -0.447 e. The Labute approximate surface area is 142 Å².